The van der Waals surface area contributed by atoms with Crippen LogP contribution in [0, 0.1) is 11.8 Å². The molecule has 2 heterocycles. The summed E-state index contributed by atoms with van der Waals surface area (Å²) in [5, 5.41) is 25.0. The van der Waals surface area contributed by atoms with Gasteiger partial charge >= 0.3 is 11.9 Å². The zero-order valence-electron chi connectivity index (χ0n) is 28.1. The van der Waals surface area contributed by atoms with Crippen molar-refractivity contribution in [1.29, 1.82) is 0 Å². The molecule has 0 fully saturated rings. The molecule has 2 aromatic rings. The second-order valence-electron chi connectivity index (χ2n) is 11.2. The fourth-order valence-electron chi connectivity index (χ4n) is 4.73. The van der Waals surface area contributed by atoms with Crippen molar-refractivity contribution in [2.45, 2.75) is 99.4 Å². The maximum atomic E-state index is 11.7. The highest BCUT2D eigenvalue weighted by Gasteiger charge is 2.28. The van der Waals surface area contributed by atoms with E-state index in [9.17, 15) is 29.4 Å². The number of aliphatic hydroxyl groups excluding tert-OH is 2. The molecule has 12 nitrogen and oxygen atoms in total. The molecule has 0 aromatic carbocycles. The maximum absolute atomic E-state index is 11.7. The van der Waals surface area contributed by atoms with E-state index in [-0.39, 0.29) is 55.9 Å². The van der Waals surface area contributed by atoms with Crippen LogP contribution in [0.3, 0.4) is 0 Å². The zero-order valence-corrected chi connectivity index (χ0v) is 29.8. The Kier molecular flexibility index (Phi) is 22.5. The van der Waals surface area contributed by atoms with Crippen LogP contribution in [-0.4, -0.2) is 108 Å². The van der Waals surface area contributed by atoms with Crippen LogP contribution in [0.5, 0.6) is 0 Å². The van der Waals surface area contributed by atoms with E-state index in [1.54, 1.807) is 36.5 Å². The summed E-state index contributed by atoms with van der Waals surface area (Å²) in [7, 11) is 4.79. The van der Waals surface area contributed by atoms with E-state index in [2.05, 4.69) is 23.8 Å². The topological polar surface area (TPSA) is 159 Å². The van der Waals surface area contributed by atoms with Crippen LogP contribution in [0.25, 0.3) is 0 Å². The van der Waals surface area contributed by atoms with Crippen molar-refractivity contribution in [1.82, 2.24) is 19.6 Å². The molecule has 2 aromatic heterocycles. The standard InChI is InChI=1S/C16H26BN2O4S.C14H22BN2O4S.CH4/c1-5-7-19(17-10-20)13(11(3)4)8-14(21)15-18-12(9-24-15)16(22)23-6-2;1-5-21-14(20)10-7-22-13(16-10)12(19)6-11(9(2)3)17(4)15-8-18;/h9-11,13-14,21H,5-8H2,1-4H3;7-9,11-12,19H,5-6H2,1-4H3;1H4/t13-,14-;11-,12-;/m00./s1. The predicted molar refractivity (Wildman–Crippen MR) is 189 cm³/mol. The lowest BCUT2D eigenvalue weighted by molar-refractivity contribution is 0.0509. The lowest BCUT2D eigenvalue weighted by atomic mass is 9.85. The molecular formula is C31H52B2N4O8S2. The maximum Gasteiger partial charge on any atom is 0.357 e. The monoisotopic (exact) mass is 694 g/mol. The summed E-state index contributed by atoms with van der Waals surface area (Å²) in [6, 6.07) is 0.00948. The molecule has 0 amide bonds. The Morgan fingerprint density at radius 3 is 1.62 bits per heavy atom. The van der Waals surface area contributed by atoms with Gasteiger partial charge in [0.1, 0.15) is 22.2 Å². The number of hydrogen-bond donors (Lipinski definition) is 2. The van der Waals surface area contributed by atoms with Crippen LogP contribution < -0.4 is 0 Å². The zero-order chi connectivity index (χ0) is 34.8. The van der Waals surface area contributed by atoms with Gasteiger partial charge in [0.05, 0.1) is 25.6 Å². The lowest BCUT2D eigenvalue weighted by Crippen LogP contribution is -2.43. The minimum absolute atomic E-state index is 0. The number of ether oxygens (including phenoxy) is 2. The van der Waals surface area contributed by atoms with Gasteiger partial charge in [-0.2, -0.15) is 0 Å². The van der Waals surface area contributed by atoms with Crippen molar-refractivity contribution in [3.8, 4) is 0 Å². The van der Waals surface area contributed by atoms with Gasteiger partial charge in [0.25, 0.3) is 14.8 Å². The van der Waals surface area contributed by atoms with Crippen LogP contribution in [0.2, 0.25) is 0 Å². The number of aliphatic hydroxyl groups is 2. The predicted octanol–water partition coefficient (Wildman–Crippen LogP) is 4.43. The van der Waals surface area contributed by atoms with Gasteiger partial charge in [0.2, 0.25) is 0 Å². The second kappa shape index (κ2) is 23.8. The van der Waals surface area contributed by atoms with E-state index in [0.717, 1.165) is 25.3 Å². The average Bonchev–Trinajstić information content (AvgIpc) is 3.70. The molecule has 0 saturated carbocycles. The highest BCUT2D eigenvalue weighted by Crippen LogP contribution is 2.28. The third-order valence-corrected chi connectivity index (χ3v) is 8.92. The number of rotatable bonds is 20. The number of thiazole rings is 2. The molecule has 0 aliphatic carbocycles. The van der Waals surface area contributed by atoms with Crippen LogP contribution in [0.4, 0.5) is 0 Å². The highest BCUT2D eigenvalue weighted by molar-refractivity contribution is 7.10. The molecule has 0 aliphatic heterocycles. The molecule has 47 heavy (non-hydrogen) atoms. The molecule has 16 heteroatoms. The number of esters is 2. The largest absolute Gasteiger partial charge is 0.461 e. The third-order valence-electron chi connectivity index (χ3n) is 7.03. The minimum Gasteiger partial charge on any atom is -0.461 e. The molecule has 0 unspecified atom stereocenters. The molecule has 2 radical (unpaired) electrons. The first-order valence-electron chi connectivity index (χ1n) is 15.5. The van der Waals surface area contributed by atoms with Gasteiger partial charge in [0, 0.05) is 22.8 Å². The van der Waals surface area contributed by atoms with Crippen molar-refractivity contribution in [2.75, 3.05) is 26.8 Å². The SMILES string of the molecule is C.CCCN([B]C=O)[C@@H](C[C@H](O)c1nc(C(=O)OCC)cs1)C(C)C.CCOC(=O)c1csc([C@@H](O)C[C@@H](C(C)C)N(C)[B]C=O)n1. The normalized spacial score (nSPS) is 13.6. The molecule has 0 saturated heterocycles. The summed E-state index contributed by atoms with van der Waals surface area (Å²) in [4.78, 5) is 56.9. The van der Waals surface area contributed by atoms with Crippen LogP contribution in [0.15, 0.2) is 10.8 Å². The van der Waals surface area contributed by atoms with E-state index in [1.807, 2.05) is 25.6 Å². The van der Waals surface area contributed by atoms with E-state index in [0.29, 0.717) is 22.9 Å². The quantitative estimate of drug-likeness (QED) is 0.114. The third kappa shape index (κ3) is 15.1. The lowest BCUT2D eigenvalue weighted by Gasteiger charge is -2.34. The van der Waals surface area contributed by atoms with Crippen molar-refractivity contribution in [3.63, 3.8) is 0 Å². The minimum atomic E-state index is -0.789. The molecule has 4 atom stereocenters. The summed E-state index contributed by atoms with van der Waals surface area (Å²) >= 11 is 2.47. The van der Waals surface area contributed by atoms with Crippen molar-refractivity contribution in [2.24, 2.45) is 11.8 Å². The molecular weight excluding hydrogens is 642 g/mol. The average molecular weight is 695 g/mol. The van der Waals surface area contributed by atoms with Gasteiger partial charge in [0.15, 0.2) is 11.4 Å². The molecule has 0 bridgehead atoms. The smallest absolute Gasteiger partial charge is 0.357 e. The van der Waals surface area contributed by atoms with Gasteiger partial charge in [-0.25, -0.2) is 19.6 Å². The summed E-state index contributed by atoms with van der Waals surface area (Å²) in [6.07, 6.45) is 1.71. The van der Waals surface area contributed by atoms with E-state index in [4.69, 9.17) is 9.47 Å². The van der Waals surface area contributed by atoms with Gasteiger partial charge in [-0.3, -0.25) is 0 Å². The van der Waals surface area contributed by atoms with E-state index < -0.39 is 24.1 Å². The number of carbonyl (C=O) groups is 4. The molecule has 262 valence electrons. The number of carbonyl (C=O) groups excluding carboxylic acids is 4. The van der Waals surface area contributed by atoms with Crippen LogP contribution in [-0.2, 0) is 19.1 Å². The van der Waals surface area contributed by atoms with Gasteiger partial charge in [-0.05, 0) is 58.5 Å². The molecule has 0 aliphatic rings. The van der Waals surface area contributed by atoms with Gasteiger partial charge in [-0.1, -0.05) is 42.0 Å². The molecule has 2 N–H and O–H groups in total. The van der Waals surface area contributed by atoms with E-state index in [1.165, 1.54) is 37.5 Å². The Labute approximate surface area is 289 Å². The fraction of sp³-hybridized carbons (Fsp3) is 0.677. The molecule has 2 rings (SSSR count). The first kappa shape index (κ1) is 44.5. The van der Waals surface area contributed by atoms with Crippen LogP contribution >= 0.6 is 22.7 Å². The first-order chi connectivity index (χ1) is 21.8. The first-order valence-corrected chi connectivity index (χ1v) is 17.3. The van der Waals surface area contributed by atoms with Crippen molar-refractivity contribution in [3.05, 3.63) is 32.2 Å². The summed E-state index contributed by atoms with van der Waals surface area (Å²) in [5.74, 6) is -0.453. The highest BCUT2D eigenvalue weighted by atomic mass is 32.1. The number of hydrogen-bond acceptors (Lipinski definition) is 14. The van der Waals surface area contributed by atoms with E-state index >= 15 is 0 Å². The van der Waals surface area contributed by atoms with Gasteiger partial charge < -0.3 is 38.9 Å². The Bertz CT molecular complexity index is 1200. The molecule has 0 spiro atoms. The summed E-state index contributed by atoms with van der Waals surface area (Å²) in [6.45, 7) is 15.0. The number of nitrogens with zero attached hydrogens (tertiary/aromatic N) is 4. The second-order valence-corrected chi connectivity index (χ2v) is 13.0. The van der Waals surface area contributed by atoms with Gasteiger partial charge in [-0.15, -0.1) is 22.7 Å². The number of aromatic nitrogens is 2. The Morgan fingerprint density at radius 1 is 0.830 bits per heavy atom. The van der Waals surface area contributed by atoms with Crippen molar-refractivity contribution < 1.29 is 38.9 Å². The summed E-state index contributed by atoms with van der Waals surface area (Å²) < 4.78 is 9.80. The fourth-order valence-corrected chi connectivity index (χ4v) is 6.30. The van der Waals surface area contributed by atoms with Crippen LogP contribution in [0.1, 0.15) is 118 Å². The Morgan fingerprint density at radius 2 is 1.26 bits per heavy atom. The van der Waals surface area contributed by atoms with Crippen molar-refractivity contribution >= 4 is 61.8 Å². The Balaban J connectivity index is 0.000000885. The Hall–Kier alpha value is -2.49. The summed E-state index contributed by atoms with van der Waals surface area (Å²) in [5.41, 5.74) is 0.441.